The Morgan fingerprint density at radius 3 is 2.55 bits per heavy atom. The Labute approximate surface area is 199 Å². The van der Waals surface area contributed by atoms with Gasteiger partial charge in [-0.2, -0.15) is 0 Å². The van der Waals surface area contributed by atoms with Gasteiger partial charge in [0.05, 0.1) is 30.4 Å². The first-order valence-electron chi connectivity index (χ1n) is 10.8. The van der Waals surface area contributed by atoms with Crippen molar-refractivity contribution in [1.29, 1.82) is 0 Å². The number of methoxy groups -OCH3 is 1. The number of halogens is 1. The van der Waals surface area contributed by atoms with Crippen LogP contribution in [0.4, 0.5) is 0 Å². The number of rotatable bonds is 9. The molecule has 0 bridgehead atoms. The largest absolute Gasteiger partial charge is 0.507 e. The van der Waals surface area contributed by atoms with Crippen molar-refractivity contribution in [2.75, 3.05) is 40.9 Å². The molecule has 3 rings (SSSR count). The molecule has 1 saturated heterocycles. The van der Waals surface area contributed by atoms with Crippen LogP contribution in [0.1, 0.15) is 30.5 Å². The Balaban J connectivity index is 2.15. The molecule has 0 spiro atoms. The molecule has 1 aliphatic heterocycles. The molecule has 0 saturated carbocycles. The van der Waals surface area contributed by atoms with E-state index in [9.17, 15) is 14.7 Å². The van der Waals surface area contributed by atoms with Crippen LogP contribution in [0, 0.1) is 0 Å². The fraction of sp³-hybridized carbons (Fsp3) is 0.360. The Morgan fingerprint density at radius 1 is 1.15 bits per heavy atom. The molecule has 1 aliphatic rings. The van der Waals surface area contributed by atoms with E-state index in [0.717, 1.165) is 6.54 Å². The maximum Gasteiger partial charge on any atom is 0.295 e. The predicted molar refractivity (Wildman–Crippen MR) is 128 cm³/mol. The third-order valence-corrected chi connectivity index (χ3v) is 5.79. The standard InChI is InChI=1S/C25H29ClN2O5/c1-5-33-20-15-16(11-12-18(20)26)23(29)21-22(17-9-6-7-10-19(17)32-4)28(25(31)24(21)30)14-8-13-27(2)3/h6-7,9-12,15,22,29H,5,8,13-14H2,1-4H3/b23-21+. The molecular formula is C25H29ClN2O5. The number of hydrogen-bond acceptors (Lipinski definition) is 6. The number of hydrogen-bond donors (Lipinski definition) is 1. The van der Waals surface area contributed by atoms with Gasteiger partial charge in [0.25, 0.3) is 11.7 Å². The number of amides is 1. The van der Waals surface area contributed by atoms with Crippen LogP contribution in [-0.2, 0) is 9.59 Å². The van der Waals surface area contributed by atoms with Gasteiger partial charge in [-0.3, -0.25) is 9.59 Å². The summed E-state index contributed by atoms with van der Waals surface area (Å²) < 4.78 is 11.1. The van der Waals surface area contributed by atoms with Gasteiger partial charge in [0.2, 0.25) is 0 Å². The molecule has 0 radical (unpaired) electrons. The summed E-state index contributed by atoms with van der Waals surface area (Å²) >= 11 is 6.19. The molecule has 2 aromatic rings. The van der Waals surface area contributed by atoms with Crippen molar-refractivity contribution < 1.29 is 24.2 Å². The van der Waals surface area contributed by atoms with Crippen molar-refractivity contribution in [3.63, 3.8) is 0 Å². The van der Waals surface area contributed by atoms with E-state index in [-0.39, 0.29) is 11.3 Å². The second-order valence-corrected chi connectivity index (χ2v) is 8.38. The van der Waals surface area contributed by atoms with E-state index < -0.39 is 17.7 Å². The van der Waals surface area contributed by atoms with E-state index >= 15 is 0 Å². The summed E-state index contributed by atoms with van der Waals surface area (Å²) in [6.07, 6.45) is 0.668. The Bertz CT molecular complexity index is 1070. The Kier molecular flexibility index (Phi) is 8.00. The lowest BCUT2D eigenvalue weighted by Gasteiger charge is -2.27. The third kappa shape index (κ3) is 5.15. The molecule has 0 aromatic heterocycles. The molecule has 33 heavy (non-hydrogen) atoms. The van der Waals surface area contributed by atoms with Crippen LogP contribution in [-0.4, -0.2) is 67.5 Å². The van der Waals surface area contributed by atoms with Crippen LogP contribution in [0.2, 0.25) is 5.02 Å². The molecule has 1 N–H and O–H groups in total. The van der Waals surface area contributed by atoms with E-state index in [1.807, 2.05) is 38.1 Å². The second kappa shape index (κ2) is 10.7. The van der Waals surface area contributed by atoms with Crippen LogP contribution in [0.3, 0.4) is 0 Å². The molecule has 1 atom stereocenters. The fourth-order valence-corrected chi connectivity index (χ4v) is 4.13. The molecule has 7 nitrogen and oxygen atoms in total. The number of carbonyl (C=O) groups excluding carboxylic acids is 2. The van der Waals surface area contributed by atoms with Gasteiger partial charge in [-0.15, -0.1) is 0 Å². The quantitative estimate of drug-likeness (QED) is 0.336. The predicted octanol–water partition coefficient (Wildman–Crippen LogP) is 4.12. The zero-order valence-electron chi connectivity index (χ0n) is 19.3. The normalized spacial score (nSPS) is 17.6. The molecular weight excluding hydrogens is 444 g/mol. The van der Waals surface area contributed by atoms with Gasteiger partial charge in [0.1, 0.15) is 17.3 Å². The summed E-state index contributed by atoms with van der Waals surface area (Å²) in [5.41, 5.74) is 0.984. The van der Waals surface area contributed by atoms with Crippen LogP contribution in [0.15, 0.2) is 48.0 Å². The van der Waals surface area contributed by atoms with Crippen molar-refractivity contribution in [3.05, 3.63) is 64.2 Å². The molecule has 8 heteroatoms. The average molecular weight is 473 g/mol. The third-order valence-electron chi connectivity index (χ3n) is 5.48. The summed E-state index contributed by atoms with van der Waals surface area (Å²) in [4.78, 5) is 29.8. The number of ether oxygens (including phenoxy) is 2. The number of benzene rings is 2. The summed E-state index contributed by atoms with van der Waals surface area (Å²) in [6, 6.07) is 11.2. The van der Waals surface area contributed by atoms with Gasteiger partial charge in [0.15, 0.2) is 0 Å². The fourth-order valence-electron chi connectivity index (χ4n) is 3.96. The van der Waals surface area contributed by atoms with Gasteiger partial charge >= 0.3 is 0 Å². The first-order chi connectivity index (χ1) is 15.8. The highest BCUT2D eigenvalue weighted by molar-refractivity contribution is 6.46. The lowest BCUT2D eigenvalue weighted by Crippen LogP contribution is -2.32. The highest BCUT2D eigenvalue weighted by Gasteiger charge is 2.46. The number of carbonyl (C=O) groups is 2. The van der Waals surface area contributed by atoms with Gasteiger partial charge in [-0.1, -0.05) is 29.8 Å². The number of likely N-dealkylation sites (tertiary alicyclic amines) is 1. The molecule has 1 fully saturated rings. The van der Waals surface area contributed by atoms with Crippen molar-refractivity contribution in [2.24, 2.45) is 0 Å². The monoisotopic (exact) mass is 472 g/mol. The lowest BCUT2D eigenvalue weighted by molar-refractivity contribution is -0.140. The van der Waals surface area contributed by atoms with E-state index in [1.165, 1.54) is 12.0 Å². The zero-order valence-corrected chi connectivity index (χ0v) is 20.1. The molecule has 1 unspecified atom stereocenters. The maximum atomic E-state index is 13.2. The van der Waals surface area contributed by atoms with E-state index in [2.05, 4.69) is 0 Å². The van der Waals surface area contributed by atoms with Crippen LogP contribution in [0.5, 0.6) is 11.5 Å². The maximum absolute atomic E-state index is 13.2. The van der Waals surface area contributed by atoms with Gasteiger partial charge in [-0.05, 0) is 58.3 Å². The SMILES string of the molecule is CCOc1cc(/C(O)=C2\C(=O)C(=O)N(CCCN(C)C)C2c2ccccc2OC)ccc1Cl. The first-order valence-corrected chi connectivity index (χ1v) is 11.2. The number of ketones is 1. The average Bonchev–Trinajstić information content (AvgIpc) is 3.04. The molecule has 1 heterocycles. The summed E-state index contributed by atoms with van der Waals surface area (Å²) in [7, 11) is 5.43. The van der Waals surface area contributed by atoms with Crippen molar-refractivity contribution >= 4 is 29.1 Å². The lowest BCUT2D eigenvalue weighted by atomic mass is 9.94. The summed E-state index contributed by atoms with van der Waals surface area (Å²) in [5.74, 6) is -0.750. The van der Waals surface area contributed by atoms with E-state index in [1.54, 1.807) is 30.3 Å². The van der Waals surface area contributed by atoms with Crippen molar-refractivity contribution in [3.8, 4) is 11.5 Å². The highest BCUT2D eigenvalue weighted by Crippen LogP contribution is 2.43. The van der Waals surface area contributed by atoms with Gasteiger partial charge in [-0.25, -0.2) is 0 Å². The highest BCUT2D eigenvalue weighted by atomic mass is 35.5. The van der Waals surface area contributed by atoms with Crippen LogP contribution in [0.25, 0.3) is 5.76 Å². The zero-order chi connectivity index (χ0) is 24.1. The van der Waals surface area contributed by atoms with Crippen molar-refractivity contribution in [1.82, 2.24) is 9.80 Å². The number of aliphatic hydroxyl groups excluding tert-OH is 1. The van der Waals surface area contributed by atoms with Gasteiger partial charge in [0, 0.05) is 17.7 Å². The minimum absolute atomic E-state index is 0.0131. The summed E-state index contributed by atoms with van der Waals surface area (Å²) in [6.45, 7) is 3.31. The topological polar surface area (TPSA) is 79.3 Å². The number of nitrogens with zero attached hydrogens (tertiary/aromatic N) is 2. The minimum atomic E-state index is -0.783. The smallest absolute Gasteiger partial charge is 0.295 e. The molecule has 176 valence electrons. The second-order valence-electron chi connectivity index (χ2n) is 7.97. The number of Topliss-reactive ketones (excluding diaryl/α,β-unsaturated/α-hetero) is 1. The van der Waals surface area contributed by atoms with Gasteiger partial charge < -0.3 is 24.4 Å². The number of aliphatic hydroxyl groups is 1. The van der Waals surface area contributed by atoms with Crippen LogP contribution >= 0.6 is 11.6 Å². The molecule has 1 amide bonds. The number of para-hydroxylation sites is 1. The van der Waals surface area contributed by atoms with Crippen LogP contribution < -0.4 is 9.47 Å². The van der Waals surface area contributed by atoms with E-state index in [4.69, 9.17) is 21.1 Å². The Hall–Kier alpha value is -3.03. The van der Waals surface area contributed by atoms with E-state index in [0.29, 0.717) is 47.2 Å². The summed E-state index contributed by atoms with van der Waals surface area (Å²) in [5, 5.41) is 11.6. The first kappa shape index (κ1) is 24.6. The van der Waals surface area contributed by atoms with Crippen molar-refractivity contribution in [2.45, 2.75) is 19.4 Å². The minimum Gasteiger partial charge on any atom is -0.507 e. The molecule has 0 aliphatic carbocycles. The Morgan fingerprint density at radius 2 is 1.88 bits per heavy atom. The molecule has 2 aromatic carbocycles.